The maximum atomic E-state index is 12.4. The predicted octanol–water partition coefficient (Wildman–Crippen LogP) is 4.69. The van der Waals surface area contributed by atoms with Crippen LogP contribution in [0.5, 0.6) is 0 Å². The van der Waals surface area contributed by atoms with Crippen molar-refractivity contribution >= 4 is 52.5 Å². The molecule has 3 aromatic rings. The van der Waals surface area contributed by atoms with Crippen LogP contribution in [0.1, 0.15) is 20.0 Å². The first-order valence-corrected chi connectivity index (χ1v) is 11.2. The highest BCUT2D eigenvalue weighted by Crippen LogP contribution is 2.35. The molecule has 2 aromatic carbocycles. The molecule has 0 aliphatic heterocycles. The van der Waals surface area contributed by atoms with Gasteiger partial charge in [-0.3, -0.25) is 4.79 Å². The van der Waals surface area contributed by atoms with Crippen LogP contribution in [0.4, 0.5) is 11.4 Å². The van der Waals surface area contributed by atoms with Gasteiger partial charge in [-0.15, -0.1) is 11.3 Å². The van der Waals surface area contributed by atoms with Gasteiger partial charge < -0.3 is 19.5 Å². The Hall–Kier alpha value is -3.30. The van der Waals surface area contributed by atoms with E-state index in [2.05, 4.69) is 10.0 Å². The number of hydrogen-bond acceptors (Lipinski definition) is 8. The molecule has 2 N–H and O–H groups in total. The second-order valence-corrected chi connectivity index (χ2v) is 7.89. The number of hydrogen-bond donors (Lipinski definition) is 2. The van der Waals surface area contributed by atoms with E-state index in [1.54, 1.807) is 24.3 Å². The molecule has 3 rings (SSSR count). The first-order valence-electron chi connectivity index (χ1n) is 9.15. The fourth-order valence-corrected chi connectivity index (χ4v) is 4.10. The monoisotopic (exact) mass is 456 g/mol. The Labute approximate surface area is 187 Å². The lowest BCUT2D eigenvalue weighted by molar-refractivity contribution is -0.119. The van der Waals surface area contributed by atoms with Gasteiger partial charge in [-0.1, -0.05) is 48.3 Å². The van der Waals surface area contributed by atoms with Crippen molar-refractivity contribution < 1.29 is 23.9 Å². The molecule has 0 unspecified atom stereocenters. The van der Waals surface area contributed by atoms with E-state index in [1.165, 1.54) is 30.4 Å². The number of esters is 2. The number of amides is 1. The minimum Gasteiger partial charge on any atom is -0.465 e. The average molecular weight is 457 g/mol. The minimum atomic E-state index is -0.622. The highest BCUT2D eigenvalue weighted by Gasteiger charge is 2.20. The van der Waals surface area contributed by atoms with E-state index in [0.29, 0.717) is 11.3 Å². The van der Waals surface area contributed by atoms with Gasteiger partial charge in [-0.05, 0) is 29.8 Å². The Morgan fingerprint density at radius 2 is 1.77 bits per heavy atom. The molecule has 7 nitrogen and oxygen atoms in total. The number of carbonyl (C=O) groups is 3. The van der Waals surface area contributed by atoms with Gasteiger partial charge in [-0.2, -0.15) is 0 Å². The van der Waals surface area contributed by atoms with E-state index in [1.807, 2.05) is 42.7 Å². The maximum absolute atomic E-state index is 12.4. The molecule has 0 saturated heterocycles. The summed E-state index contributed by atoms with van der Waals surface area (Å²) >= 11 is 2.61. The molecular weight excluding hydrogens is 436 g/mol. The van der Waals surface area contributed by atoms with Gasteiger partial charge in [0.15, 0.2) is 6.61 Å². The van der Waals surface area contributed by atoms with Crippen molar-refractivity contribution in [2.45, 2.75) is 0 Å². The summed E-state index contributed by atoms with van der Waals surface area (Å²) in [6.07, 6.45) is 1.87. The Bertz CT molecular complexity index is 1080. The zero-order chi connectivity index (χ0) is 22.2. The lowest BCUT2D eigenvalue weighted by Gasteiger charge is -2.08. The first-order chi connectivity index (χ1) is 15.0. The van der Waals surface area contributed by atoms with Gasteiger partial charge in [0.2, 0.25) is 0 Å². The van der Waals surface area contributed by atoms with Crippen LogP contribution >= 0.6 is 23.3 Å². The molecule has 0 spiro atoms. The minimum absolute atomic E-state index is 0.261. The summed E-state index contributed by atoms with van der Waals surface area (Å²) in [6.45, 7) is -0.490. The molecule has 1 aromatic heterocycles. The molecule has 0 aliphatic carbocycles. The number of methoxy groups -OCH3 is 1. The summed E-state index contributed by atoms with van der Waals surface area (Å²) in [5, 5.41) is 2.63. The molecule has 160 valence electrons. The quantitative estimate of drug-likeness (QED) is 0.375. The molecular formula is C22H20N2O5S2. The van der Waals surface area contributed by atoms with E-state index in [0.717, 1.165) is 16.1 Å². The van der Waals surface area contributed by atoms with Gasteiger partial charge in [0.25, 0.3) is 5.91 Å². The molecule has 9 heteroatoms. The zero-order valence-electron chi connectivity index (χ0n) is 16.8. The van der Waals surface area contributed by atoms with Crippen LogP contribution in [0.2, 0.25) is 0 Å². The van der Waals surface area contributed by atoms with E-state index < -0.39 is 24.5 Å². The van der Waals surface area contributed by atoms with Gasteiger partial charge >= 0.3 is 11.9 Å². The van der Waals surface area contributed by atoms with Crippen molar-refractivity contribution in [2.24, 2.45) is 0 Å². The number of anilines is 2. The molecule has 1 heterocycles. The molecule has 0 fully saturated rings. The third-order valence-electron chi connectivity index (χ3n) is 4.09. The smallest absolute Gasteiger partial charge is 0.350 e. The highest BCUT2D eigenvalue weighted by molar-refractivity contribution is 7.99. The SMILES string of the molecule is COC(=O)c1sc(-c2ccccc2)cc1NC(=O)COC(=O)c1cccc(NSC)c1. The van der Waals surface area contributed by atoms with E-state index >= 15 is 0 Å². The van der Waals surface area contributed by atoms with Crippen LogP contribution < -0.4 is 10.0 Å². The summed E-state index contributed by atoms with van der Waals surface area (Å²) in [4.78, 5) is 37.8. The summed E-state index contributed by atoms with van der Waals surface area (Å²) in [5.74, 6) is -1.74. The molecule has 0 atom stereocenters. The predicted molar refractivity (Wildman–Crippen MR) is 124 cm³/mol. The molecule has 0 bridgehead atoms. The van der Waals surface area contributed by atoms with E-state index in [-0.39, 0.29) is 4.88 Å². The van der Waals surface area contributed by atoms with Crippen molar-refractivity contribution in [2.75, 3.05) is 30.0 Å². The molecule has 31 heavy (non-hydrogen) atoms. The third kappa shape index (κ3) is 5.87. The van der Waals surface area contributed by atoms with E-state index in [4.69, 9.17) is 9.47 Å². The first kappa shape index (κ1) is 22.4. The highest BCUT2D eigenvalue weighted by atomic mass is 32.2. The fraction of sp³-hybridized carbons (Fsp3) is 0.136. The fourth-order valence-electron chi connectivity index (χ4n) is 2.70. The summed E-state index contributed by atoms with van der Waals surface area (Å²) in [6, 6.07) is 17.9. The average Bonchev–Trinajstić information content (AvgIpc) is 3.21. The Morgan fingerprint density at radius 1 is 1.00 bits per heavy atom. The Morgan fingerprint density at radius 3 is 2.48 bits per heavy atom. The zero-order valence-corrected chi connectivity index (χ0v) is 18.5. The van der Waals surface area contributed by atoms with Gasteiger partial charge in [0.05, 0.1) is 18.4 Å². The molecule has 0 aliphatic rings. The van der Waals surface area contributed by atoms with Crippen LogP contribution in [-0.4, -0.2) is 37.8 Å². The third-order valence-corrected chi connectivity index (χ3v) is 5.69. The van der Waals surface area contributed by atoms with Crippen molar-refractivity contribution in [3.63, 3.8) is 0 Å². The lowest BCUT2D eigenvalue weighted by Crippen LogP contribution is -2.21. The number of benzene rings is 2. The topological polar surface area (TPSA) is 93.7 Å². The van der Waals surface area contributed by atoms with Gasteiger partial charge in [0, 0.05) is 16.8 Å². The summed E-state index contributed by atoms with van der Waals surface area (Å²) in [7, 11) is 1.28. The summed E-state index contributed by atoms with van der Waals surface area (Å²) in [5.41, 5.74) is 2.29. The molecule has 0 saturated carbocycles. The van der Waals surface area contributed by atoms with Crippen LogP contribution in [0.3, 0.4) is 0 Å². The lowest BCUT2D eigenvalue weighted by atomic mass is 10.2. The summed E-state index contributed by atoms with van der Waals surface area (Å²) < 4.78 is 13.0. The maximum Gasteiger partial charge on any atom is 0.350 e. The molecule has 0 radical (unpaired) electrons. The number of rotatable bonds is 8. The second-order valence-electron chi connectivity index (χ2n) is 6.22. The van der Waals surface area contributed by atoms with E-state index in [9.17, 15) is 14.4 Å². The number of ether oxygens (including phenoxy) is 2. The molecule has 1 amide bonds. The van der Waals surface area contributed by atoms with Crippen LogP contribution in [0, 0.1) is 0 Å². The largest absolute Gasteiger partial charge is 0.465 e. The standard InChI is InChI=1S/C22H20N2O5S2/c1-28-22(27)20-17(12-18(31-20)14-7-4-3-5-8-14)23-19(25)13-29-21(26)15-9-6-10-16(11-15)24-30-2/h3-12,24H,13H2,1-2H3,(H,23,25). The van der Waals surface area contributed by atoms with Crippen molar-refractivity contribution in [3.8, 4) is 10.4 Å². The van der Waals surface area contributed by atoms with Gasteiger partial charge in [-0.25, -0.2) is 9.59 Å². The Balaban J connectivity index is 1.68. The number of thiophene rings is 1. The van der Waals surface area contributed by atoms with Gasteiger partial charge in [0.1, 0.15) is 4.88 Å². The number of nitrogens with one attached hydrogen (secondary N) is 2. The Kier molecular flexibility index (Phi) is 7.69. The van der Waals surface area contributed by atoms with Crippen molar-refractivity contribution in [1.82, 2.24) is 0 Å². The van der Waals surface area contributed by atoms with Crippen molar-refractivity contribution in [3.05, 3.63) is 71.1 Å². The van der Waals surface area contributed by atoms with Crippen LogP contribution in [0.15, 0.2) is 60.7 Å². The van der Waals surface area contributed by atoms with Crippen molar-refractivity contribution in [1.29, 1.82) is 0 Å². The van der Waals surface area contributed by atoms with Crippen LogP contribution in [0.25, 0.3) is 10.4 Å². The number of carbonyl (C=O) groups excluding carboxylic acids is 3. The second kappa shape index (κ2) is 10.6. The normalized spacial score (nSPS) is 10.3. The van der Waals surface area contributed by atoms with Crippen LogP contribution in [-0.2, 0) is 14.3 Å².